The highest BCUT2D eigenvalue weighted by Gasteiger charge is 2.35. The summed E-state index contributed by atoms with van der Waals surface area (Å²) in [4.78, 5) is 31.1. The van der Waals surface area contributed by atoms with Gasteiger partial charge in [0.1, 0.15) is 24.7 Å². The summed E-state index contributed by atoms with van der Waals surface area (Å²) in [6.45, 7) is 1.38. The van der Waals surface area contributed by atoms with Crippen molar-refractivity contribution in [3.63, 3.8) is 0 Å². The van der Waals surface area contributed by atoms with E-state index in [2.05, 4.69) is 0 Å². The van der Waals surface area contributed by atoms with Gasteiger partial charge < -0.3 is 19.0 Å². The normalized spacial score (nSPS) is 17.5. The summed E-state index contributed by atoms with van der Waals surface area (Å²) in [6, 6.07) is 10.9. The van der Waals surface area contributed by atoms with E-state index in [1.165, 1.54) is 23.3 Å². The molecular weight excluding hydrogens is 443 g/mol. The van der Waals surface area contributed by atoms with Crippen LogP contribution in [-0.4, -0.2) is 47.9 Å². The molecule has 2 aromatic heterocycles. The summed E-state index contributed by atoms with van der Waals surface area (Å²) >= 11 is 1.68. The quantitative estimate of drug-likeness (QED) is 0.487. The SMILES string of the molecule is O=C(c1ccco1)N(CC(=O)N1CCc2sccc2[C@@H]1COc1ccc(F)cc1)CC1CC1. The second-order valence-corrected chi connectivity index (χ2v) is 9.52. The number of amides is 2. The first kappa shape index (κ1) is 21.7. The molecule has 2 aliphatic rings. The van der Waals surface area contributed by atoms with Crippen LogP contribution >= 0.6 is 11.3 Å². The van der Waals surface area contributed by atoms with Crippen molar-refractivity contribution < 1.29 is 23.1 Å². The molecule has 3 heterocycles. The fourth-order valence-corrected chi connectivity index (χ4v) is 5.15. The van der Waals surface area contributed by atoms with Crippen molar-refractivity contribution in [3.05, 3.63) is 76.1 Å². The van der Waals surface area contributed by atoms with Crippen LogP contribution in [0.3, 0.4) is 0 Å². The molecule has 5 rings (SSSR count). The summed E-state index contributed by atoms with van der Waals surface area (Å²) < 4.78 is 24.5. The van der Waals surface area contributed by atoms with Crippen LogP contribution in [0.25, 0.3) is 0 Å². The minimum atomic E-state index is -0.325. The Kier molecular flexibility index (Phi) is 6.17. The number of thiophene rings is 1. The molecule has 1 aliphatic carbocycles. The van der Waals surface area contributed by atoms with Crippen LogP contribution in [0.2, 0.25) is 0 Å². The van der Waals surface area contributed by atoms with E-state index in [-0.39, 0.29) is 42.6 Å². The van der Waals surface area contributed by atoms with Gasteiger partial charge >= 0.3 is 0 Å². The Labute approximate surface area is 195 Å². The van der Waals surface area contributed by atoms with Crippen LogP contribution < -0.4 is 4.74 Å². The predicted octanol–water partition coefficient (Wildman–Crippen LogP) is 4.54. The van der Waals surface area contributed by atoms with Crippen LogP contribution in [0.1, 0.15) is 39.9 Å². The van der Waals surface area contributed by atoms with Gasteiger partial charge in [-0.05, 0) is 78.6 Å². The highest BCUT2D eigenvalue weighted by Crippen LogP contribution is 2.35. The van der Waals surface area contributed by atoms with Crippen LogP contribution in [0.4, 0.5) is 4.39 Å². The van der Waals surface area contributed by atoms with Gasteiger partial charge in [0.05, 0.1) is 12.3 Å². The third-order valence-electron chi connectivity index (χ3n) is 6.16. The van der Waals surface area contributed by atoms with Crippen LogP contribution in [-0.2, 0) is 11.2 Å². The predicted molar refractivity (Wildman–Crippen MR) is 122 cm³/mol. The molecule has 1 aromatic carbocycles. The zero-order chi connectivity index (χ0) is 22.8. The molecule has 33 heavy (non-hydrogen) atoms. The van der Waals surface area contributed by atoms with Gasteiger partial charge in [-0.3, -0.25) is 9.59 Å². The Bertz CT molecular complexity index is 1110. The number of hydrogen-bond donors (Lipinski definition) is 0. The first-order valence-electron chi connectivity index (χ1n) is 11.2. The summed E-state index contributed by atoms with van der Waals surface area (Å²) in [6.07, 6.45) is 4.40. The summed E-state index contributed by atoms with van der Waals surface area (Å²) in [5.41, 5.74) is 1.08. The molecule has 0 saturated heterocycles. The number of rotatable bonds is 8. The number of halogens is 1. The first-order valence-corrected chi connectivity index (χ1v) is 12.0. The topological polar surface area (TPSA) is 63.0 Å². The molecule has 1 fully saturated rings. The van der Waals surface area contributed by atoms with Crippen molar-refractivity contribution in [1.82, 2.24) is 9.80 Å². The van der Waals surface area contributed by atoms with Gasteiger partial charge in [-0.25, -0.2) is 4.39 Å². The molecule has 0 unspecified atom stereocenters. The van der Waals surface area contributed by atoms with Gasteiger partial charge in [-0.1, -0.05) is 0 Å². The number of carbonyl (C=O) groups excluding carboxylic acids is 2. The van der Waals surface area contributed by atoms with E-state index in [0.717, 1.165) is 24.8 Å². The van der Waals surface area contributed by atoms with E-state index in [0.29, 0.717) is 24.8 Å². The number of hydrogen-bond acceptors (Lipinski definition) is 5. The smallest absolute Gasteiger partial charge is 0.290 e. The van der Waals surface area contributed by atoms with E-state index < -0.39 is 0 Å². The molecule has 6 nitrogen and oxygen atoms in total. The number of nitrogens with zero attached hydrogens (tertiary/aromatic N) is 2. The van der Waals surface area contributed by atoms with Gasteiger partial charge in [0.25, 0.3) is 5.91 Å². The van der Waals surface area contributed by atoms with Crippen LogP contribution in [0, 0.1) is 11.7 Å². The minimum Gasteiger partial charge on any atom is -0.491 e. The highest BCUT2D eigenvalue weighted by atomic mass is 32.1. The summed E-state index contributed by atoms with van der Waals surface area (Å²) in [5.74, 6) is 0.550. The molecule has 0 bridgehead atoms. The van der Waals surface area contributed by atoms with Crippen molar-refractivity contribution in [2.45, 2.75) is 25.3 Å². The van der Waals surface area contributed by atoms with E-state index in [9.17, 15) is 14.0 Å². The number of ether oxygens (including phenoxy) is 1. The van der Waals surface area contributed by atoms with Gasteiger partial charge in [0.15, 0.2) is 5.76 Å². The average molecular weight is 469 g/mol. The van der Waals surface area contributed by atoms with Crippen molar-refractivity contribution in [2.75, 3.05) is 26.2 Å². The van der Waals surface area contributed by atoms with Crippen molar-refractivity contribution >= 4 is 23.2 Å². The standard InChI is InChI=1S/C25H25FN2O4S/c26-18-5-7-19(8-6-18)32-16-21-20-10-13-33-23(20)9-11-28(21)24(29)15-27(14-17-3-4-17)25(30)22-2-1-12-31-22/h1-2,5-8,10,12-13,17,21H,3-4,9,11,14-16H2/t21-/m0/s1. The lowest BCUT2D eigenvalue weighted by molar-refractivity contribution is -0.135. The van der Waals surface area contributed by atoms with Gasteiger partial charge in [-0.15, -0.1) is 11.3 Å². The van der Waals surface area contributed by atoms with Crippen molar-refractivity contribution in [1.29, 1.82) is 0 Å². The summed E-state index contributed by atoms with van der Waals surface area (Å²) in [7, 11) is 0. The molecule has 0 radical (unpaired) electrons. The zero-order valence-electron chi connectivity index (χ0n) is 18.1. The maximum Gasteiger partial charge on any atom is 0.290 e. The molecule has 172 valence electrons. The number of furan rings is 1. The molecule has 3 aromatic rings. The molecular formula is C25H25FN2O4S. The van der Waals surface area contributed by atoms with Crippen LogP contribution in [0.15, 0.2) is 58.5 Å². The fraction of sp³-hybridized carbons (Fsp3) is 0.360. The maximum absolute atomic E-state index is 13.5. The van der Waals surface area contributed by atoms with E-state index in [1.807, 2.05) is 16.3 Å². The Morgan fingerprint density at radius 1 is 1.18 bits per heavy atom. The number of fused-ring (bicyclic) bond motifs is 1. The number of benzene rings is 1. The fourth-order valence-electron chi connectivity index (χ4n) is 4.22. The molecule has 0 spiro atoms. The Morgan fingerprint density at radius 2 is 2.00 bits per heavy atom. The van der Waals surface area contributed by atoms with Gasteiger partial charge in [0.2, 0.25) is 5.91 Å². The lowest BCUT2D eigenvalue weighted by atomic mass is 10.0. The van der Waals surface area contributed by atoms with E-state index in [1.54, 1.807) is 40.5 Å². The van der Waals surface area contributed by atoms with E-state index in [4.69, 9.17) is 9.15 Å². The van der Waals surface area contributed by atoms with Crippen LogP contribution in [0.5, 0.6) is 5.75 Å². The highest BCUT2D eigenvalue weighted by molar-refractivity contribution is 7.10. The van der Waals surface area contributed by atoms with Gasteiger partial charge in [0, 0.05) is 18.0 Å². The largest absolute Gasteiger partial charge is 0.491 e. The second kappa shape index (κ2) is 9.39. The van der Waals surface area contributed by atoms with E-state index >= 15 is 0 Å². The Hall–Kier alpha value is -3.13. The third kappa shape index (κ3) is 4.95. The second-order valence-electron chi connectivity index (χ2n) is 8.52. The number of carbonyl (C=O) groups is 2. The van der Waals surface area contributed by atoms with Crippen molar-refractivity contribution in [3.8, 4) is 5.75 Å². The molecule has 2 amide bonds. The monoisotopic (exact) mass is 468 g/mol. The average Bonchev–Trinajstić information content (AvgIpc) is 3.27. The minimum absolute atomic E-state index is 0.00253. The summed E-state index contributed by atoms with van der Waals surface area (Å²) in [5, 5.41) is 2.03. The lowest BCUT2D eigenvalue weighted by Crippen LogP contribution is -2.48. The molecule has 8 heteroatoms. The van der Waals surface area contributed by atoms with Crippen molar-refractivity contribution in [2.24, 2.45) is 5.92 Å². The first-order chi connectivity index (χ1) is 16.1. The zero-order valence-corrected chi connectivity index (χ0v) is 18.9. The Balaban J connectivity index is 1.33. The molecule has 1 saturated carbocycles. The molecule has 1 aliphatic heterocycles. The lowest BCUT2D eigenvalue weighted by Gasteiger charge is -2.37. The molecule has 0 N–H and O–H groups in total. The molecule has 1 atom stereocenters. The Morgan fingerprint density at radius 3 is 2.73 bits per heavy atom. The third-order valence-corrected chi connectivity index (χ3v) is 7.15. The van der Waals surface area contributed by atoms with Gasteiger partial charge in [-0.2, -0.15) is 0 Å². The maximum atomic E-state index is 13.5.